The molecule has 10 nitrogen and oxygen atoms in total. The van der Waals surface area contributed by atoms with Gasteiger partial charge in [0.25, 0.3) is 17.6 Å². The number of nitrogens with zero attached hydrogens (tertiary/aromatic N) is 3. The second-order valence-electron chi connectivity index (χ2n) is 8.62. The van der Waals surface area contributed by atoms with Gasteiger partial charge >= 0.3 is 0 Å². The topological polar surface area (TPSA) is 134 Å². The Bertz CT molecular complexity index is 1260. The molecule has 10 heteroatoms. The van der Waals surface area contributed by atoms with E-state index in [0.29, 0.717) is 42.4 Å². The highest BCUT2D eigenvalue weighted by molar-refractivity contribution is 6.46. The van der Waals surface area contributed by atoms with Crippen LogP contribution in [-0.4, -0.2) is 55.1 Å². The van der Waals surface area contributed by atoms with Crippen molar-refractivity contribution < 1.29 is 23.9 Å². The molecule has 3 aliphatic heterocycles. The van der Waals surface area contributed by atoms with Gasteiger partial charge in [0.2, 0.25) is 12.0 Å². The maximum Gasteiger partial charge on any atom is 0.295 e. The minimum absolute atomic E-state index is 0.00193. The normalized spacial score (nSPS) is 19.9. The van der Waals surface area contributed by atoms with E-state index in [2.05, 4.69) is 10.3 Å². The van der Waals surface area contributed by atoms with Gasteiger partial charge in [0.15, 0.2) is 0 Å². The zero-order valence-electron chi connectivity index (χ0n) is 19.0. The fourth-order valence-electron chi connectivity index (χ4n) is 4.61. The molecule has 0 radical (unpaired) electrons. The molecule has 0 aliphatic carbocycles. The zero-order valence-corrected chi connectivity index (χ0v) is 19.0. The molecule has 0 bridgehead atoms. The molecular formula is C25H25N5O5. The largest absolute Gasteiger partial charge is 0.383 e. The Morgan fingerprint density at radius 3 is 2.57 bits per heavy atom. The minimum atomic E-state index is -1.57. The van der Waals surface area contributed by atoms with E-state index in [1.54, 1.807) is 47.4 Å². The van der Waals surface area contributed by atoms with Crippen LogP contribution in [0.3, 0.4) is 0 Å². The van der Waals surface area contributed by atoms with Crippen molar-refractivity contribution >= 4 is 46.4 Å². The SMILES string of the molecule is NC1=NCc2cc(NC(=O)C(=O)[C@H]3OCCN(c4ccccc4N4CCCCC4=O)C3=O)ccc21. The van der Waals surface area contributed by atoms with Gasteiger partial charge in [-0.25, -0.2) is 0 Å². The van der Waals surface area contributed by atoms with Crippen LogP contribution in [-0.2, 0) is 30.5 Å². The average Bonchev–Trinajstić information content (AvgIpc) is 3.24. The number of amides is 3. The standard InChI is InChI=1S/C25H25N5O5/c26-23-17-9-8-16(13-15(17)14-27-23)28-24(33)21(32)22-25(34)30(11-12-35-22)19-6-2-1-5-18(19)29-10-4-3-7-20(29)31/h1-2,5-6,8-9,13,22H,3-4,7,10-12,14H2,(H2,26,27)(H,28,33)/t22-/m1/s1. The lowest BCUT2D eigenvalue weighted by molar-refractivity contribution is -0.150. The van der Waals surface area contributed by atoms with Gasteiger partial charge in [0.05, 0.1) is 24.5 Å². The van der Waals surface area contributed by atoms with Gasteiger partial charge in [-0.05, 0) is 48.7 Å². The smallest absolute Gasteiger partial charge is 0.295 e. The van der Waals surface area contributed by atoms with Crippen molar-refractivity contribution in [3.63, 3.8) is 0 Å². The predicted molar refractivity (Wildman–Crippen MR) is 129 cm³/mol. The number of hydrogen-bond donors (Lipinski definition) is 2. The predicted octanol–water partition coefficient (Wildman–Crippen LogP) is 1.36. The van der Waals surface area contributed by atoms with Crippen LogP contribution >= 0.6 is 0 Å². The molecule has 1 atom stereocenters. The molecular weight excluding hydrogens is 450 g/mol. The number of hydrogen-bond acceptors (Lipinski definition) is 7. The summed E-state index contributed by atoms with van der Waals surface area (Å²) in [7, 11) is 0. The number of carbonyl (C=O) groups is 4. The lowest BCUT2D eigenvalue weighted by atomic mass is 10.1. The molecule has 3 amide bonds. The van der Waals surface area contributed by atoms with Gasteiger partial charge < -0.3 is 25.6 Å². The van der Waals surface area contributed by atoms with Gasteiger partial charge in [-0.2, -0.15) is 0 Å². The highest BCUT2D eigenvalue weighted by atomic mass is 16.5. The Kier molecular flexibility index (Phi) is 6.04. The van der Waals surface area contributed by atoms with Crippen LogP contribution in [0, 0.1) is 0 Å². The number of morpholine rings is 1. The van der Waals surface area contributed by atoms with Crippen LogP contribution in [0.15, 0.2) is 47.5 Å². The van der Waals surface area contributed by atoms with Crippen molar-refractivity contribution in [3.8, 4) is 0 Å². The van der Waals surface area contributed by atoms with Crippen molar-refractivity contribution in [1.29, 1.82) is 0 Å². The van der Waals surface area contributed by atoms with Crippen LogP contribution in [0.25, 0.3) is 0 Å². The Labute approximate surface area is 201 Å². The molecule has 0 spiro atoms. The van der Waals surface area contributed by atoms with Crippen molar-refractivity contribution in [2.24, 2.45) is 10.7 Å². The molecule has 2 saturated heterocycles. The number of nitrogens with two attached hydrogens (primary N) is 1. The molecule has 3 aliphatic rings. The molecule has 35 heavy (non-hydrogen) atoms. The number of fused-ring (bicyclic) bond motifs is 1. The number of nitrogens with one attached hydrogen (secondary N) is 1. The highest BCUT2D eigenvalue weighted by Crippen LogP contribution is 2.33. The van der Waals surface area contributed by atoms with Crippen LogP contribution in [0.1, 0.15) is 30.4 Å². The number of carbonyl (C=O) groups excluding carboxylic acids is 4. The quantitative estimate of drug-likeness (QED) is 0.495. The molecule has 3 N–H and O–H groups in total. The van der Waals surface area contributed by atoms with E-state index >= 15 is 0 Å². The molecule has 180 valence electrons. The van der Waals surface area contributed by atoms with E-state index in [4.69, 9.17) is 10.5 Å². The summed E-state index contributed by atoms with van der Waals surface area (Å²) >= 11 is 0. The Morgan fingerprint density at radius 1 is 1.03 bits per heavy atom. The fraction of sp³-hybridized carbons (Fsp3) is 0.320. The molecule has 0 unspecified atom stereocenters. The molecule has 5 rings (SSSR count). The Morgan fingerprint density at radius 2 is 1.80 bits per heavy atom. The monoisotopic (exact) mass is 475 g/mol. The van der Waals surface area contributed by atoms with Gasteiger partial charge in [0.1, 0.15) is 5.84 Å². The molecule has 2 aromatic carbocycles. The number of piperidine rings is 1. The second kappa shape index (κ2) is 9.30. The summed E-state index contributed by atoms with van der Waals surface area (Å²) < 4.78 is 5.44. The van der Waals surface area contributed by atoms with Crippen molar-refractivity contribution in [3.05, 3.63) is 53.6 Å². The summed E-state index contributed by atoms with van der Waals surface area (Å²) in [5.74, 6) is -2.14. The number of ether oxygens (including phenoxy) is 1. The summed E-state index contributed by atoms with van der Waals surface area (Å²) in [4.78, 5) is 58.7. The summed E-state index contributed by atoms with van der Waals surface area (Å²) in [6.07, 6.45) is 0.598. The van der Waals surface area contributed by atoms with E-state index < -0.39 is 23.7 Å². The lowest BCUT2D eigenvalue weighted by Crippen LogP contribution is -2.54. The lowest BCUT2D eigenvalue weighted by Gasteiger charge is -2.35. The summed E-state index contributed by atoms with van der Waals surface area (Å²) in [6.45, 7) is 1.25. The van der Waals surface area contributed by atoms with Crippen molar-refractivity contribution in [1.82, 2.24) is 0 Å². The molecule has 0 saturated carbocycles. The van der Waals surface area contributed by atoms with Gasteiger partial charge in [0, 0.05) is 30.8 Å². The first-order valence-corrected chi connectivity index (χ1v) is 11.5. The number of ketones is 1. The number of rotatable bonds is 5. The number of aliphatic imine (C=N–C) groups is 1. The zero-order chi connectivity index (χ0) is 24.5. The first kappa shape index (κ1) is 22.7. The van der Waals surface area contributed by atoms with Crippen molar-refractivity contribution in [2.75, 3.05) is 34.8 Å². The number of para-hydroxylation sites is 2. The van der Waals surface area contributed by atoms with E-state index in [1.807, 2.05) is 0 Å². The minimum Gasteiger partial charge on any atom is -0.383 e. The van der Waals surface area contributed by atoms with Crippen LogP contribution in [0.2, 0.25) is 0 Å². The second-order valence-corrected chi connectivity index (χ2v) is 8.62. The van der Waals surface area contributed by atoms with E-state index in [9.17, 15) is 19.2 Å². The van der Waals surface area contributed by atoms with Crippen LogP contribution < -0.4 is 20.9 Å². The number of Topliss-reactive ketones (excluding diaryl/α,β-unsaturated/α-hetero) is 1. The Balaban J connectivity index is 1.33. The number of anilines is 3. The maximum absolute atomic E-state index is 13.3. The molecule has 3 heterocycles. The van der Waals surface area contributed by atoms with Crippen LogP contribution in [0.4, 0.5) is 17.1 Å². The molecule has 2 fully saturated rings. The fourth-order valence-corrected chi connectivity index (χ4v) is 4.61. The third-order valence-electron chi connectivity index (χ3n) is 6.40. The molecule has 0 aromatic heterocycles. The third-order valence-corrected chi connectivity index (χ3v) is 6.40. The Hall–Kier alpha value is -4.05. The first-order valence-electron chi connectivity index (χ1n) is 11.5. The first-order chi connectivity index (χ1) is 16.9. The summed E-state index contributed by atoms with van der Waals surface area (Å²) in [5.41, 5.74) is 8.98. The number of benzene rings is 2. The average molecular weight is 476 g/mol. The highest BCUT2D eigenvalue weighted by Gasteiger charge is 2.40. The van der Waals surface area contributed by atoms with Crippen molar-refractivity contribution in [2.45, 2.75) is 31.9 Å². The van der Waals surface area contributed by atoms with E-state index in [-0.39, 0.29) is 19.1 Å². The van der Waals surface area contributed by atoms with E-state index in [0.717, 1.165) is 24.0 Å². The summed E-state index contributed by atoms with van der Waals surface area (Å²) in [5, 5.41) is 2.54. The maximum atomic E-state index is 13.3. The molecule has 2 aromatic rings. The van der Waals surface area contributed by atoms with E-state index in [1.165, 1.54) is 4.90 Å². The van der Waals surface area contributed by atoms with Gasteiger partial charge in [-0.15, -0.1) is 0 Å². The summed E-state index contributed by atoms with van der Waals surface area (Å²) in [6, 6.07) is 12.1. The number of amidine groups is 1. The van der Waals surface area contributed by atoms with Gasteiger partial charge in [-0.3, -0.25) is 24.2 Å². The van der Waals surface area contributed by atoms with Gasteiger partial charge in [-0.1, -0.05) is 12.1 Å². The third kappa shape index (κ3) is 4.28. The van der Waals surface area contributed by atoms with Crippen LogP contribution in [0.5, 0.6) is 0 Å².